The number of likely N-dealkylation sites (N-methyl/N-ethyl adjacent to an activating group) is 1. The van der Waals surface area contributed by atoms with Crippen LogP contribution < -0.4 is 65.4 Å². The van der Waals surface area contributed by atoms with Crippen molar-refractivity contribution in [3.8, 4) is 11.5 Å². The van der Waals surface area contributed by atoms with E-state index in [2.05, 4.69) is 31.5 Å². The van der Waals surface area contributed by atoms with Crippen LogP contribution in [0.1, 0.15) is 42.7 Å². The van der Waals surface area contributed by atoms with Gasteiger partial charge in [-0.2, -0.15) is 0 Å². The Hall–Kier alpha value is -5.86. The van der Waals surface area contributed by atoms with Crippen molar-refractivity contribution in [2.75, 3.05) is 36.5 Å². The molecule has 26 heteroatoms. The Kier molecular flexibility index (Phi) is 15.7. The van der Waals surface area contributed by atoms with E-state index in [1.165, 1.54) is 35.2 Å². The van der Waals surface area contributed by atoms with Crippen LogP contribution in [0.2, 0.25) is 0 Å². The van der Waals surface area contributed by atoms with E-state index < -0.39 is 76.3 Å². The maximum atomic E-state index is 14.0. The standard InChI is InChI=1S/C37H35N9O13S3.Na/c1-4-44-12-13-45(30(53)29(44)52)35(57)39-25(20-8-6-5-7-9-20)28(51)41-37(38-17-47)32(56)46-26(31(54)55)22(15-60-33(37)46)16-61-36-43-42-34(62-36)40-27(50)21-10-11-23(58-18(2)48)24(14-21)59-19(3)49;/h5-11,14,17,25,33H,4,12-13,15-16H2,1-3H3,(H,38,47)(H,39,57)(H,41,51)(H,54,55)(H,40,42,50);/q;+1/p-1/t25?,33-,37+;/m0./s1. The Bertz CT molecular complexity index is 2420. The normalized spacial score (nSPS) is 18.5. The second kappa shape index (κ2) is 20.5. The van der Waals surface area contributed by atoms with Crippen LogP contribution in [0.15, 0.2) is 64.1 Å². The Labute approximate surface area is 391 Å². The zero-order valence-electron chi connectivity index (χ0n) is 33.7. The number of ether oxygens (including phenoxy) is 2. The van der Waals surface area contributed by atoms with Gasteiger partial charge in [0.15, 0.2) is 15.8 Å². The number of β-lactam (4-membered cyclic amide) rings is 1. The van der Waals surface area contributed by atoms with Crippen LogP contribution in [-0.4, -0.2) is 127 Å². The summed E-state index contributed by atoms with van der Waals surface area (Å²) in [5.41, 5.74) is -2.25. The summed E-state index contributed by atoms with van der Waals surface area (Å²) in [7, 11) is 0. The van der Waals surface area contributed by atoms with Crippen LogP contribution in [0, 0.1) is 0 Å². The number of carboxylic acids is 1. The summed E-state index contributed by atoms with van der Waals surface area (Å²) in [6.45, 7) is 4.11. The smallest absolute Gasteiger partial charge is 0.543 e. The molecule has 0 radical (unpaired) electrons. The Morgan fingerprint density at radius 1 is 0.984 bits per heavy atom. The minimum Gasteiger partial charge on any atom is -0.543 e. The number of piperazine rings is 1. The number of thioether (sulfide) groups is 2. The van der Waals surface area contributed by atoms with Gasteiger partial charge < -0.3 is 40.2 Å². The van der Waals surface area contributed by atoms with Crippen molar-refractivity contribution in [2.24, 2.45) is 0 Å². The molecule has 1 aromatic heterocycles. The number of carbonyl (C=O) groups excluding carboxylic acids is 10. The number of fused-ring (bicyclic) bond motifs is 1. The number of nitrogens with one attached hydrogen (secondary N) is 4. The number of hydrogen-bond donors (Lipinski definition) is 4. The van der Waals surface area contributed by atoms with E-state index in [1.807, 2.05) is 0 Å². The maximum absolute atomic E-state index is 14.0. The topological polar surface area (TPSA) is 296 Å². The number of carbonyl (C=O) groups is 10. The molecule has 3 aliphatic rings. The molecule has 0 aliphatic carbocycles. The fraction of sp³-hybridized carbons (Fsp3) is 0.297. The number of imide groups is 1. The van der Waals surface area contributed by atoms with Crippen LogP contribution in [0.5, 0.6) is 11.5 Å². The molecule has 2 aromatic carbocycles. The van der Waals surface area contributed by atoms with Crippen molar-refractivity contribution < 1.29 is 92.1 Å². The fourth-order valence-corrected chi connectivity index (χ4v) is 9.75. The first kappa shape index (κ1) is 48.2. The van der Waals surface area contributed by atoms with Gasteiger partial charge in [-0.3, -0.25) is 53.5 Å². The molecule has 3 aromatic rings. The molecule has 6 rings (SSSR count). The van der Waals surface area contributed by atoms with E-state index in [4.69, 9.17) is 9.47 Å². The number of esters is 2. The predicted octanol–water partition coefficient (Wildman–Crippen LogP) is -3.64. The fourth-order valence-electron chi connectivity index (χ4n) is 6.44. The molecule has 63 heavy (non-hydrogen) atoms. The average Bonchev–Trinajstić information content (AvgIpc) is 3.69. The molecule has 324 valence electrons. The second-order valence-electron chi connectivity index (χ2n) is 13.2. The first-order valence-electron chi connectivity index (χ1n) is 18.2. The van der Waals surface area contributed by atoms with Gasteiger partial charge in [0.05, 0.1) is 11.7 Å². The van der Waals surface area contributed by atoms with Crippen molar-refractivity contribution in [1.29, 1.82) is 0 Å². The molecule has 0 saturated carbocycles. The number of carboxylic acid groups (broad SMARTS) is 1. The summed E-state index contributed by atoms with van der Waals surface area (Å²) < 4.78 is 10.4. The molecule has 4 heterocycles. The number of urea groups is 1. The maximum Gasteiger partial charge on any atom is 1.00 e. The minimum atomic E-state index is -2.19. The molecule has 3 aliphatic heterocycles. The molecule has 1 unspecified atom stereocenters. The zero-order valence-corrected chi connectivity index (χ0v) is 38.1. The minimum absolute atomic E-state index is 0. The van der Waals surface area contributed by atoms with E-state index in [0.717, 1.165) is 53.6 Å². The van der Waals surface area contributed by atoms with Gasteiger partial charge in [0, 0.05) is 50.6 Å². The van der Waals surface area contributed by atoms with E-state index >= 15 is 0 Å². The molecular formula is C37H34N9NaO13S3. The molecule has 3 atom stereocenters. The van der Waals surface area contributed by atoms with Crippen molar-refractivity contribution in [2.45, 2.75) is 42.2 Å². The summed E-state index contributed by atoms with van der Waals surface area (Å²) in [6.07, 6.45) is 0.153. The predicted molar refractivity (Wildman–Crippen MR) is 215 cm³/mol. The third-order valence-electron chi connectivity index (χ3n) is 9.26. The number of hydrogen-bond acceptors (Lipinski definition) is 18. The monoisotopic (exact) mass is 931 g/mol. The summed E-state index contributed by atoms with van der Waals surface area (Å²) in [5.74, 6) is -8.18. The zero-order chi connectivity index (χ0) is 44.9. The van der Waals surface area contributed by atoms with Crippen molar-refractivity contribution in [1.82, 2.24) is 40.8 Å². The third-order valence-corrected chi connectivity index (χ3v) is 12.7. The summed E-state index contributed by atoms with van der Waals surface area (Å²) in [4.78, 5) is 130. The number of anilines is 1. The number of benzene rings is 2. The summed E-state index contributed by atoms with van der Waals surface area (Å²) >= 11 is 2.98. The number of amides is 8. The van der Waals surface area contributed by atoms with Gasteiger partial charge in [-0.25, -0.2) is 4.79 Å². The summed E-state index contributed by atoms with van der Waals surface area (Å²) in [6, 6.07) is 8.91. The van der Waals surface area contributed by atoms with Gasteiger partial charge in [0.2, 0.25) is 23.1 Å². The number of aliphatic carboxylic acids is 1. The van der Waals surface area contributed by atoms with Gasteiger partial charge in [-0.1, -0.05) is 53.4 Å². The Morgan fingerprint density at radius 3 is 2.33 bits per heavy atom. The number of rotatable bonds is 15. The van der Waals surface area contributed by atoms with Crippen LogP contribution >= 0.6 is 34.9 Å². The SMILES string of the molecule is CCN1CCN(C(=O)NC(C(=O)N[C@]2(NC=O)C(=O)N3C(C(=O)[O-])=C(CSc4nnc(NC(=O)c5ccc(OC(C)=O)c(OC(C)=O)c5)s4)CS[C@H]32)c2ccccc2)C(=O)C1=O.[Na+]. The van der Waals surface area contributed by atoms with E-state index in [9.17, 15) is 53.1 Å². The van der Waals surface area contributed by atoms with E-state index in [-0.39, 0.29) is 105 Å². The first-order chi connectivity index (χ1) is 29.6. The van der Waals surface area contributed by atoms with Gasteiger partial charge in [0.1, 0.15) is 11.4 Å². The van der Waals surface area contributed by atoms with Gasteiger partial charge >= 0.3 is 59.3 Å². The van der Waals surface area contributed by atoms with Gasteiger partial charge in [-0.15, -0.1) is 22.0 Å². The molecular weight excluding hydrogens is 898 g/mol. The van der Waals surface area contributed by atoms with Crippen molar-refractivity contribution >= 4 is 99.9 Å². The number of nitrogens with zero attached hydrogens (tertiary/aromatic N) is 5. The molecule has 22 nitrogen and oxygen atoms in total. The van der Waals surface area contributed by atoms with Crippen LogP contribution in [-0.2, 0) is 38.4 Å². The van der Waals surface area contributed by atoms with E-state index in [1.54, 1.807) is 25.1 Å². The van der Waals surface area contributed by atoms with Crippen molar-refractivity contribution in [3.63, 3.8) is 0 Å². The Morgan fingerprint density at radius 2 is 1.68 bits per heavy atom. The Balaban J connectivity index is 0.00000748. The quantitative estimate of drug-likeness (QED) is 0.0132. The molecule has 0 bridgehead atoms. The van der Waals surface area contributed by atoms with E-state index in [0.29, 0.717) is 4.90 Å². The molecule has 4 N–H and O–H groups in total. The number of aromatic nitrogens is 2. The second-order valence-corrected chi connectivity index (χ2v) is 16.5. The summed E-state index contributed by atoms with van der Waals surface area (Å²) in [5, 5.41) is 29.2. The van der Waals surface area contributed by atoms with Crippen LogP contribution in [0.25, 0.3) is 0 Å². The van der Waals surface area contributed by atoms with Crippen LogP contribution in [0.4, 0.5) is 9.93 Å². The first-order valence-corrected chi connectivity index (χ1v) is 21.1. The molecule has 8 amide bonds. The largest absolute Gasteiger partial charge is 1.00 e. The molecule has 2 saturated heterocycles. The van der Waals surface area contributed by atoms with Crippen molar-refractivity contribution in [3.05, 3.63) is 70.9 Å². The third kappa shape index (κ3) is 10.3. The molecule has 2 fully saturated rings. The van der Waals surface area contributed by atoms with Crippen LogP contribution in [0.3, 0.4) is 0 Å². The molecule has 0 spiro atoms. The van der Waals surface area contributed by atoms with Gasteiger partial charge in [-0.05, 0) is 36.3 Å². The average molecular weight is 932 g/mol. The van der Waals surface area contributed by atoms with Gasteiger partial charge in [0.25, 0.3) is 11.8 Å².